The van der Waals surface area contributed by atoms with Crippen LogP contribution < -0.4 is 5.73 Å². The lowest BCUT2D eigenvalue weighted by atomic mass is 10.2. The first-order valence-electron chi connectivity index (χ1n) is 3.75. The van der Waals surface area contributed by atoms with E-state index in [-0.39, 0.29) is 0 Å². The van der Waals surface area contributed by atoms with Crippen LogP contribution in [0.3, 0.4) is 0 Å². The normalized spacial score (nSPS) is 9.91. The van der Waals surface area contributed by atoms with Gasteiger partial charge in [-0.25, -0.2) is 0 Å². The molecule has 0 atom stereocenters. The molecule has 2 N–H and O–H groups in total. The standard InChI is InChI=1S/C9H13NO/c1-2-11-7-8-3-5-9(10)6-4-8/h3-6H,2,7,10H2,1H3. The van der Waals surface area contributed by atoms with Gasteiger partial charge in [0.15, 0.2) is 0 Å². The second-order valence-electron chi connectivity index (χ2n) is 2.38. The molecule has 0 saturated carbocycles. The number of hydrogen-bond donors (Lipinski definition) is 1. The van der Waals surface area contributed by atoms with Crippen molar-refractivity contribution >= 4 is 5.69 Å². The Balaban J connectivity index is 2.52. The zero-order valence-corrected chi connectivity index (χ0v) is 6.71. The fourth-order valence-corrected chi connectivity index (χ4v) is 0.834. The highest BCUT2D eigenvalue weighted by Crippen LogP contribution is 2.05. The van der Waals surface area contributed by atoms with Crippen molar-refractivity contribution in [2.24, 2.45) is 0 Å². The van der Waals surface area contributed by atoms with E-state index in [1.165, 1.54) is 5.56 Å². The quantitative estimate of drug-likeness (QED) is 0.668. The number of hydrogen-bond acceptors (Lipinski definition) is 2. The molecule has 2 nitrogen and oxygen atoms in total. The van der Waals surface area contributed by atoms with Crippen molar-refractivity contribution in [3.05, 3.63) is 29.8 Å². The van der Waals surface area contributed by atoms with Crippen molar-refractivity contribution in [3.63, 3.8) is 0 Å². The summed E-state index contributed by atoms with van der Waals surface area (Å²) in [7, 11) is 0. The van der Waals surface area contributed by atoms with E-state index in [9.17, 15) is 0 Å². The van der Waals surface area contributed by atoms with Crippen molar-refractivity contribution in [1.29, 1.82) is 0 Å². The molecule has 0 aliphatic heterocycles. The number of nitrogen functional groups attached to an aromatic ring is 1. The molecule has 1 aromatic carbocycles. The maximum Gasteiger partial charge on any atom is 0.0716 e. The van der Waals surface area contributed by atoms with Crippen LogP contribution in [0.2, 0.25) is 0 Å². The molecule has 0 bridgehead atoms. The summed E-state index contributed by atoms with van der Waals surface area (Å²) in [6.07, 6.45) is 0. The molecule has 0 fully saturated rings. The molecular weight excluding hydrogens is 138 g/mol. The predicted molar refractivity (Wildman–Crippen MR) is 46.2 cm³/mol. The van der Waals surface area contributed by atoms with Gasteiger partial charge in [0.05, 0.1) is 6.61 Å². The molecule has 1 aromatic rings. The minimum atomic E-state index is 0.677. The van der Waals surface area contributed by atoms with Crippen molar-refractivity contribution in [1.82, 2.24) is 0 Å². The maximum absolute atomic E-state index is 5.51. The van der Waals surface area contributed by atoms with Crippen LogP contribution >= 0.6 is 0 Å². The number of anilines is 1. The van der Waals surface area contributed by atoms with Crippen molar-refractivity contribution in [3.8, 4) is 0 Å². The lowest BCUT2D eigenvalue weighted by Gasteiger charge is -2.00. The Morgan fingerprint density at radius 1 is 1.27 bits per heavy atom. The van der Waals surface area contributed by atoms with Gasteiger partial charge in [0.25, 0.3) is 0 Å². The Labute approximate surface area is 67.0 Å². The number of benzene rings is 1. The monoisotopic (exact) mass is 151 g/mol. The summed E-state index contributed by atoms with van der Waals surface area (Å²) >= 11 is 0. The molecule has 2 heteroatoms. The van der Waals surface area contributed by atoms with E-state index in [0.29, 0.717) is 6.61 Å². The third-order valence-corrected chi connectivity index (χ3v) is 1.45. The van der Waals surface area contributed by atoms with Crippen LogP contribution in [0.1, 0.15) is 12.5 Å². The molecule has 11 heavy (non-hydrogen) atoms. The van der Waals surface area contributed by atoms with E-state index < -0.39 is 0 Å². The van der Waals surface area contributed by atoms with Crippen LogP contribution in [0, 0.1) is 0 Å². The Bertz CT molecular complexity index is 205. The second kappa shape index (κ2) is 3.98. The van der Waals surface area contributed by atoms with Gasteiger partial charge in [0, 0.05) is 12.3 Å². The number of rotatable bonds is 3. The van der Waals surface area contributed by atoms with E-state index in [2.05, 4.69) is 0 Å². The van der Waals surface area contributed by atoms with Gasteiger partial charge >= 0.3 is 0 Å². The summed E-state index contributed by atoms with van der Waals surface area (Å²) < 4.78 is 5.22. The summed E-state index contributed by atoms with van der Waals surface area (Å²) in [4.78, 5) is 0. The summed E-state index contributed by atoms with van der Waals surface area (Å²) in [5.74, 6) is 0. The van der Waals surface area contributed by atoms with Gasteiger partial charge in [0.1, 0.15) is 0 Å². The van der Waals surface area contributed by atoms with Crippen LogP contribution in [0.25, 0.3) is 0 Å². The Morgan fingerprint density at radius 3 is 2.45 bits per heavy atom. The SMILES string of the molecule is CCOCc1ccc(N)cc1. The summed E-state index contributed by atoms with van der Waals surface area (Å²) in [6.45, 7) is 3.42. The molecule has 0 aliphatic rings. The third kappa shape index (κ3) is 2.60. The fourth-order valence-electron chi connectivity index (χ4n) is 0.834. The Hall–Kier alpha value is -1.02. The van der Waals surface area contributed by atoms with Crippen molar-refractivity contribution < 1.29 is 4.74 Å². The first kappa shape index (κ1) is 8.08. The van der Waals surface area contributed by atoms with Crippen molar-refractivity contribution in [2.45, 2.75) is 13.5 Å². The molecule has 0 unspecified atom stereocenters. The number of ether oxygens (including phenoxy) is 1. The van der Waals surface area contributed by atoms with E-state index in [1.54, 1.807) is 0 Å². The van der Waals surface area contributed by atoms with Gasteiger partial charge in [-0.15, -0.1) is 0 Å². The van der Waals surface area contributed by atoms with E-state index in [1.807, 2.05) is 31.2 Å². The zero-order chi connectivity index (χ0) is 8.10. The molecule has 0 aliphatic carbocycles. The van der Waals surface area contributed by atoms with Gasteiger partial charge in [-0.3, -0.25) is 0 Å². The lowest BCUT2D eigenvalue weighted by molar-refractivity contribution is 0.134. The molecule has 0 spiro atoms. The molecule has 0 saturated heterocycles. The van der Waals surface area contributed by atoms with Crippen LogP contribution in [0.5, 0.6) is 0 Å². The van der Waals surface area contributed by atoms with Crippen molar-refractivity contribution in [2.75, 3.05) is 12.3 Å². The summed E-state index contributed by atoms with van der Waals surface area (Å²) in [6, 6.07) is 7.72. The van der Waals surface area contributed by atoms with E-state index in [4.69, 9.17) is 10.5 Å². The highest BCUT2D eigenvalue weighted by molar-refractivity contribution is 5.38. The minimum Gasteiger partial charge on any atom is -0.399 e. The van der Waals surface area contributed by atoms with E-state index >= 15 is 0 Å². The third-order valence-electron chi connectivity index (χ3n) is 1.45. The average molecular weight is 151 g/mol. The molecular formula is C9H13NO. The number of nitrogens with two attached hydrogens (primary N) is 1. The van der Waals surface area contributed by atoms with Gasteiger partial charge in [-0.05, 0) is 24.6 Å². The predicted octanol–water partition coefficient (Wildman–Crippen LogP) is 1.81. The largest absolute Gasteiger partial charge is 0.399 e. The van der Waals surface area contributed by atoms with Crippen LogP contribution in [-0.4, -0.2) is 6.61 Å². The van der Waals surface area contributed by atoms with E-state index in [0.717, 1.165) is 12.3 Å². The summed E-state index contributed by atoms with van der Waals surface area (Å²) in [5, 5.41) is 0. The Kier molecular flexibility index (Phi) is 2.93. The first-order valence-corrected chi connectivity index (χ1v) is 3.75. The van der Waals surface area contributed by atoms with Gasteiger partial charge in [-0.1, -0.05) is 12.1 Å². The zero-order valence-electron chi connectivity index (χ0n) is 6.71. The van der Waals surface area contributed by atoms with Gasteiger partial charge < -0.3 is 10.5 Å². The molecule has 0 heterocycles. The highest BCUT2D eigenvalue weighted by Gasteiger charge is 1.90. The van der Waals surface area contributed by atoms with Gasteiger partial charge in [0.2, 0.25) is 0 Å². The second-order valence-corrected chi connectivity index (χ2v) is 2.38. The molecule has 0 radical (unpaired) electrons. The fraction of sp³-hybridized carbons (Fsp3) is 0.333. The maximum atomic E-state index is 5.51. The van der Waals surface area contributed by atoms with Crippen LogP contribution in [0.4, 0.5) is 5.69 Å². The molecule has 60 valence electrons. The smallest absolute Gasteiger partial charge is 0.0716 e. The van der Waals surface area contributed by atoms with Gasteiger partial charge in [-0.2, -0.15) is 0 Å². The molecule has 0 amide bonds. The van der Waals surface area contributed by atoms with Crippen LogP contribution in [0.15, 0.2) is 24.3 Å². The molecule has 1 rings (SSSR count). The van der Waals surface area contributed by atoms with Crippen LogP contribution in [-0.2, 0) is 11.3 Å². The lowest BCUT2D eigenvalue weighted by Crippen LogP contribution is -1.92. The summed E-state index contributed by atoms with van der Waals surface area (Å²) in [5.41, 5.74) is 7.48. The topological polar surface area (TPSA) is 35.2 Å². The first-order chi connectivity index (χ1) is 5.33. The minimum absolute atomic E-state index is 0.677. The Morgan fingerprint density at radius 2 is 1.91 bits per heavy atom. The molecule has 0 aromatic heterocycles. The average Bonchev–Trinajstić information content (AvgIpc) is 2.04. The highest BCUT2D eigenvalue weighted by atomic mass is 16.5.